The summed E-state index contributed by atoms with van der Waals surface area (Å²) in [5.41, 5.74) is 0. The molecule has 0 radical (unpaired) electrons. The van der Waals surface area contributed by atoms with E-state index in [2.05, 4.69) is 10.3 Å². The van der Waals surface area contributed by atoms with E-state index in [0.717, 1.165) is 12.2 Å². The summed E-state index contributed by atoms with van der Waals surface area (Å²) in [4.78, 5) is 15.9. The zero-order valence-corrected chi connectivity index (χ0v) is 12.0. The molecule has 1 aromatic heterocycles. The van der Waals surface area contributed by atoms with E-state index in [9.17, 15) is 4.79 Å². The van der Waals surface area contributed by atoms with E-state index >= 15 is 0 Å². The van der Waals surface area contributed by atoms with Crippen LogP contribution in [0.3, 0.4) is 0 Å². The maximum atomic E-state index is 11.7. The lowest BCUT2D eigenvalue weighted by atomic mass is 9.99. The van der Waals surface area contributed by atoms with Gasteiger partial charge in [-0.05, 0) is 5.92 Å². The maximum absolute atomic E-state index is 11.7. The van der Waals surface area contributed by atoms with E-state index in [0.29, 0.717) is 11.7 Å². The van der Waals surface area contributed by atoms with Crippen LogP contribution in [0.5, 0.6) is 0 Å². The van der Waals surface area contributed by atoms with Gasteiger partial charge in [0.05, 0.1) is 19.9 Å². The highest BCUT2D eigenvalue weighted by Crippen LogP contribution is 2.12. The van der Waals surface area contributed by atoms with Crippen molar-refractivity contribution in [3.8, 4) is 0 Å². The molecule has 0 bridgehead atoms. The van der Waals surface area contributed by atoms with Gasteiger partial charge in [0.15, 0.2) is 0 Å². The zero-order valence-electron chi connectivity index (χ0n) is 11.2. The number of carbonyl (C=O) groups is 1. The van der Waals surface area contributed by atoms with Gasteiger partial charge in [-0.15, -0.1) is 0 Å². The van der Waals surface area contributed by atoms with Crippen LogP contribution in [0.1, 0.15) is 26.1 Å². The first-order valence-corrected chi connectivity index (χ1v) is 6.36. The van der Waals surface area contributed by atoms with Crippen LogP contribution < -0.4 is 5.32 Å². The molecule has 1 aromatic rings. The summed E-state index contributed by atoms with van der Waals surface area (Å²) in [6, 6.07) is -0.324. The normalized spacial score (nSPS) is 14.3. The number of ether oxygens (including phenoxy) is 1. The van der Waals surface area contributed by atoms with Crippen molar-refractivity contribution >= 4 is 17.6 Å². The second-order valence-corrected chi connectivity index (χ2v) is 4.71. The number of imidazole rings is 1. The Morgan fingerprint density at radius 2 is 2.33 bits per heavy atom. The highest BCUT2D eigenvalue weighted by atomic mass is 35.5. The van der Waals surface area contributed by atoms with Crippen molar-refractivity contribution in [2.75, 3.05) is 7.11 Å². The van der Waals surface area contributed by atoms with Gasteiger partial charge in [0.1, 0.15) is 17.0 Å². The van der Waals surface area contributed by atoms with Gasteiger partial charge in [-0.2, -0.15) is 0 Å². The van der Waals surface area contributed by atoms with Crippen LogP contribution in [0.15, 0.2) is 6.20 Å². The number of rotatable bonds is 6. The monoisotopic (exact) mass is 273 g/mol. The molecule has 5 nitrogen and oxygen atoms in total. The molecule has 0 saturated heterocycles. The third-order valence-corrected chi connectivity index (χ3v) is 3.53. The molecule has 0 aliphatic heterocycles. The summed E-state index contributed by atoms with van der Waals surface area (Å²) < 4.78 is 6.58. The molecule has 18 heavy (non-hydrogen) atoms. The molecule has 1 N–H and O–H groups in total. The first-order chi connectivity index (χ1) is 8.51. The van der Waals surface area contributed by atoms with Crippen LogP contribution in [0.25, 0.3) is 0 Å². The number of halogens is 1. The van der Waals surface area contributed by atoms with Crippen LogP contribution >= 0.6 is 11.6 Å². The molecule has 102 valence electrons. The highest BCUT2D eigenvalue weighted by molar-refractivity contribution is 6.29. The third kappa shape index (κ3) is 3.46. The van der Waals surface area contributed by atoms with Gasteiger partial charge in [0.2, 0.25) is 0 Å². The Morgan fingerprint density at radius 1 is 1.67 bits per heavy atom. The first kappa shape index (κ1) is 15.0. The summed E-state index contributed by atoms with van der Waals surface area (Å²) in [7, 11) is 3.24. The van der Waals surface area contributed by atoms with Crippen LogP contribution in [-0.4, -0.2) is 28.7 Å². The van der Waals surface area contributed by atoms with E-state index in [1.165, 1.54) is 7.11 Å². The first-order valence-electron chi connectivity index (χ1n) is 5.98. The summed E-state index contributed by atoms with van der Waals surface area (Å²) in [6.45, 7) is 4.53. The summed E-state index contributed by atoms with van der Waals surface area (Å²) in [5.74, 6) is 0.745. The Balaban J connectivity index is 2.67. The number of nitrogens with zero attached hydrogens (tertiary/aromatic N) is 2. The molecule has 1 rings (SSSR count). The van der Waals surface area contributed by atoms with Gasteiger partial charge in [-0.25, -0.2) is 4.98 Å². The van der Waals surface area contributed by atoms with E-state index in [4.69, 9.17) is 16.3 Å². The van der Waals surface area contributed by atoms with Crippen molar-refractivity contribution in [1.29, 1.82) is 0 Å². The predicted octanol–water partition coefficient (Wildman–Crippen LogP) is 1.75. The minimum absolute atomic E-state index is 0.202. The quantitative estimate of drug-likeness (QED) is 0.803. The van der Waals surface area contributed by atoms with Crippen molar-refractivity contribution < 1.29 is 9.53 Å². The minimum Gasteiger partial charge on any atom is -0.468 e. The molecule has 0 aliphatic carbocycles. The Hall–Kier alpha value is -1.07. The Kier molecular flexibility index (Phi) is 5.62. The maximum Gasteiger partial charge on any atom is 0.323 e. The average molecular weight is 274 g/mol. The highest BCUT2D eigenvalue weighted by Gasteiger charge is 2.24. The predicted molar refractivity (Wildman–Crippen MR) is 70.3 cm³/mol. The second kappa shape index (κ2) is 6.75. The van der Waals surface area contributed by atoms with Gasteiger partial charge < -0.3 is 9.30 Å². The molecular formula is C12H20ClN3O2. The number of carbonyl (C=O) groups excluding carboxylic acids is 1. The van der Waals surface area contributed by atoms with E-state index in [-0.39, 0.29) is 17.9 Å². The molecule has 6 heteroatoms. The molecule has 0 aromatic carbocycles. The van der Waals surface area contributed by atoms with Gasteiger partial charge in [0.25, 0.3) is 0 Å². The van der Waals surface area contributed by atoms with Crippen molar-refractivity contribution in [3.05, 3.63) is 17.2 Å². The molecule has 1 heterocycles. The van der Waals surface area contributed by atoms with Gasteiger partial charge in [-0.1, -0.05) is 31.9 Å². The fourth-order valence-corrected chi connectivity index (χ4v) is 1.82. The fraction of sp³-hybridized carbons (Fsp3) is 0.667. The average Bonchev–Trinajstić information content (AvgIpc) is 2.69. The van der Waals surface area contributed by atoms with Gasteiger partial charge in [0, 0.05) is 7.05 Å². The summed E-state index contributed by atoms with van der Waals surface area (Å²) >= 11 is 5.91. The number of methoxy groups -OCH3 is 1. The third-order valence-electron chi connectivity index (χ3n) is 3.18. The van der Waals surface area contributed by atoms with Crippen LogP contribution in [0.4, 0.5) is 0 Å². The summed E-state index contributed by atoms with van der Waals surface area (Å²) in [5, 5.41) is 3.75. The second-order valence-electron chi connectivity index (χ2n) is 4.32. The van der Waals surface area contributed by atoms with E-state index < -0.39 is 0 Å². The standard InChI is InChI=1S/C12H20ClN3O2/c1-5-8(2)11(12(17)18-4)15-7-10-14-6-9(13)16(10)3/h6,8,11,15H,5,7H2,1-4H3. The number of nitrogens with one attached hydrogen (secondary N) is 1. The Bertz CT molecular complexity index is 406. The van der Waals surface area contributed by atoms with Crippen LogP contribution in [0, 0.1) is 5.92 Å². The lowest BCUT2D eigenvalue weighted by Gasteiger charge is -2.21. The Morgan fingerprint density at radius 3 is 2.78 bits per heavy atom. The van der Waals surface area contributed by atoms with Crippen molar-refractivity contribution in [1.82, 2.24) is 14.9 Å². The SMILES string of the molecule is CCC(C)C(NCc1ncc(Cl)n1C)C(=O)OC. The van der Waals surface area contributed by atoms with Crippen molar-refractivity contribution in [2.24, 2.45) is 13.0 Å². The molecule has 2 atom stereocenters. The van der Waals surface area contributed by atoms with Crippen LogP contribution in [0.2, 0.25) is 5.15 Å². The topological polar surface area (TPSA) is 56.2 Å². The zero-order chi connectivity index (χ0) is 13.7. The molecule has 2 unspecified atom stereocenters. The number of aromatic nitrogens is 2. The molecule has 0 spiro atoms. The van der Waals surface area contributed by atoms with E-state index in [1.54, 1.807) is 10.8 Å². The lowest BCUT2D eigenvalue weighted by molar-refractivity contribution is -0.144. The van der Waals surface area contributed by atoms with Crippen molar-refractivity contribution in [2.45, 2.75) is 32.9 Å². The van der Waals surface area contributed by atoms with Crippen LogP contribution in [-0.2, 0) is 23.1 Å². The number of esters is 1. The largest absolute Gasteiger partial charge is 0.468 e. The fourth-order valence-electron chi connectivity index (χ4n) is 1.67. The van der Waals surface area contributed by atoms with Crippen molar-refractivity contribution in [3.63, 3.8) is 0 Å². The Labute approximate surface area is 112 Å². The van der Waals surface area contributed by atoms with Gasteiger partial charge in [-0.3, -0.25) is 10.1 Å². The van der Waals surface area contributed by atoms with E-state index in [1.807, 2.05) is 20.9 Å². The smallest absolute Gasteiger partial charge is 0.323 e. The summed E-state index contributed by atoms with van der Waals surface area (Å²) in [6.07, 6.45) is 2.49. The number of hydrogen-bond acceptors (Lipinski definition) is 4. The molecule has 0 fully saturated rings. The number of hydrogen-bond donors (Lipinski definition) is 1. The molecule has 0 saturated carbocycles. The molecule has 0 aliphatic rings. The molecule has 0 amide bonds. The molecular weight excluding hydrogens is 254 g/mol. The van der Waals surface area contributed by atoms with Gasteiger partial charge >= 0.3 is 5.97 Å². The minimum atomic E-state index is -0.324. The lowest BCUT2D eigenvalue weighted by Crippen LogP contribution is -2.42.